The van der Waals surface area contributed by atoms with Gasteiger partial charge in [0.15, 0.2) is 5.76 Å². The van der Waals surface area contributed by atoms with Crippen LogP contribution in [0.3, 0.4) is 0 Å². The van der Waals surface area contributed by atoms with Gasteiger partial charge in [0.05, 0.1) is 5.75 Å². The second kappa shape index (κ2) is 6.08. The van der Waals surface area contributed by atoms with Crippen LogP contribution in [0.4, 0.5) is 0 Å². The van der Waals surface area contributed by atoms with E-state index < -0.39 is 0 Å². The van der Waals surface area contributed by atoms with Crippen LogP contribution in [0.15, 0.2) is 62.3 Å². The van der Waals surface area contributed by atoms with Crippen LogP contribution in [0.25, 0.3) is 11.0 Å². The van der Waals surface area contributed by atoms with Crippen LogP contribution in [0.2, 0.25) is 0 Å². The minimum Gasteiger partial charge on any atom is -0.453 e. The molecule has 0 aliphatic heterocycles. The zero-order valence-electron chi connectivity index (χ0n) is 11.4. The lowest BCUT2D eigenvalue weighted by atomic mass is 10.2. The number of carbonyl (C=O) groups excluding carboxylic acids is 1. The van der Waals surface area contributed by atoms with Crippen molar-refractivity contribution in [3.05, 3.63) is 64.3 Å². The molecule has 0 saturated carbocycles. The highest BCUT2D eigenvalue weighted by Gasteiger charge is 2.14. The van der Waals surface area contributed by atoms with Crippen LogP contribution in [0.1, 0.15) is 16.1 Å². The summed E-state index contributed by atoms with van der Waals surface area (Å²) in [5, 5.41) is 0.976. The second-order valence-corrected chi connectivity index (χ2v) is 6.62. The Kier molecular flexibility index (Phi) is 4.17. The summed E-state index contributed by atoms with van der Waals surface area (Å²) in [6.07, 6.45) is 0. The Bertz CT molecular complexity index is 807. The van der Waals surface area contributed by atoms with Crippen LogP contribution in [-0.4, -0.2) is 11.5 Å². The summed E-state index contributed by atoms with van der Waals surface area (Å²) in [7, 11) is 0. The van der Waals surface area contributed by atoms with Gasteiger partial charge in [0.1, 0.15) is 5.58 Å². The van der Waals surface area contributed by atoms with Crippen LogP contribution >= 0.6 is 27.7 Å². The molecule has 0 spiro atoms. The molecule has 0 amide bonds. The summed E-state index contributed by atoms with van der Waals surface area (Å²) < 4.78 is 6.71. The van der Waals surface area contributed by atoms with Crippen molar-refractivity contribution in [3.63, 3.8) is 0 Å². The smallest absolute Gasteiger partial charge is 0.208 e. The molecule has 0 fully saturated rings. The number of fused-ring (bicyclic) bond motifs is 1. The van der Waals surface area contributed by atoms with Gasteiger partial charge < -0.3 is 4.42 Å². The summed E-state index contributed by atoms with van der Waals surface area (Å²) in [5.41, 5.74) is 1.84. The monoisotopic (exact) mass is 360 g/mol. The van der Waals surface area contributed by atoms with Gasteiger partial charge in [-0.05, 0) is 46.6 Å². The Morgan fingerprint density at radius 2 is 2.00 bits per heavy atom. The topological polar surface area (TPSA) is 30.2 Å². The molecule has 0 atom stereocenters. The number of halogens is 1. The molecule has 3 aromatic rings. The van der Waals surface area contributed by atoms with E-state index in [-0.39, 0.29) is 5.78 Å². The molecule has 0 aliphatic rings. The molecule has 0 N–H and O–H groups in total. The van der Waals surface area contributed by atoms with Crippen molar-refractivity contribution < 1.29 is 9.21 Å². The standard InChI is InChI=1S/C17H13BrO2S/c1-11-5-4-6-12-9-15(20-17(11)12)14(19)10-21-16-8-3-2-7-13(16)18/h2-9H,10H2,1H3. The number of Topliss-reactive ketones (excluding diaryl/α,β-unsaturated/α-hetero) is 1. The minimum absolute atomic E-state index is 0.00588. The molecule has 0 radical (unpaired) electrons. The van der Waals surface area contributed by atoms with Crippen LogP contribution in [0.5, 0.6) is 0 Å². The molecular formula is C17H13BrO2S. The number of hydrogen-bond donors (Lipinski definition) is 0. The lowest BCUT2D eigenvalue weighted by Gasteiger charge is -2.02. The number of ketones is 1. The molecule has 1 aromatic heterocycles. The van der Waals surface area contributed by atoms with E-state index in [1.165, 1.54) is 11.8 Å². The third-order valence-corrected chi connectivity index (χ3v) is 5.24. The number of thioether (sulfide) groups is 1. The molecule has 2 aromatic carbocycles. The Morgan fingerprint density at radius 1 is 1.19 bits per heavy atom. The van der Waals surface area contributed by atoms with Gasteiger partial charge in [-0.25, -0.2) is 0 Å². The average Bonchev–Trinajstić information content (AvgIpc) is 2.92. The van der Waals surface area contributed by atoms with Gasteiger partial charge in [0, 0.05) is 14.8 Å². The normalized spacial score (nSPS) is 11.0. The van der Waals surface area contributed by atoms with Crippen molar-refractivity contribution in [2.24, 2.45) is 0 Å². The third kappa shape index (κ3) is 3.06. The molecule has 0 saturated heterocycles. The fraction of sp³-hybridized carbons (Fsp3) is 0.118. The van der Waals surface area contributed by atoms with Gasteiger partial charge in [0.2, 0.25) is 5.78 Å². The summed E-state index contributed by atoms with van der Waals surface area (Å²) in [5.74, 6) is 0.798. The second-order valence-electron chi connectivity index (χ2n) is 4.75. The fourth-order valence-electron chi connectivity index (χ4n) is 2.12. The average molecular weight is 361 g/mol. The van der Waals surface area contributed by atoms with Gasteiger partial charge in [0.25, 0.3) is 0 Å². The first-order valence-corrected chi connectivity index (χ1v) is 8.33. The maximum Gasteiger partial charge on any atom is 0.208 e. The number of furan rings is 1. The summed E-state index contributed by atoms with van der Waals surface area (Å²) in [6, 6.07) is 15.6. The Morgan fingerprint density at radius 3 is 2.76 bits per heavy atom. The molecule has 106 valence electrons. The maximum atomic E-state index is 12.3. The highest BCUT2D eigenvalue weighted by molar-refractivity contribution is 9.10. The van der Waals surface area contributed by atoms with E-state index in [1.54, 1.807) is 0 Å². The van der Waals surface area contributed by atoms with E-state index in [2.05, 4.69) is 15.9 Å². The van der Waals surface area contributed by atoms with E-state index in [0.717, 1.165) is 25.9 Å². The Labute approximate surface area is 135 Å². The summed E-state index contributed by atoms with van der Waals surface area (Å²) in [4.78, 5) is 13.3. The molecule has 0 aliphatic carbocycles. The van der Waals surface area contributed by atoms with E-state index in [0.29, 0.717) is 11.5 Å². The third-order valence-electron chi connectivity index (χ3n) is 3.21. The fourth-order valence-corrected chi connectivity index (χ4v) is 3.56. The molecule has 4 heteroatoms. The number of para-hydroxylation sites is 1. The van der Waals surface area contributed by atoms with Crippen molar-refractivity contribution in [3.8, 4) is 0 Å². The first-order valence-electron chi connectivity index (χ1n) is 6.55. The van der Waals surface area contributed by atoms with Crippen LogP contribution in [0, 0.1) is 6.92 Å². The summed E-state index contributed by atoms with van der Waals surface area (Å²) in [6.45, 7) is 1.98. The van der Waals surface area contributed by atoms with Gasteiger partial charge in [-0.3, -0.25) is 4.79 Å². The number of carbonyl (C=O) groups is 1. The van der Waals surface area contributed by atoms with E-state index >= 15 is 0 Å². The van der Waals surface area contributed by atoms with Crippen molar-refractivity contribution >= 4 is 44.4 Å². The van der Waals surface area contributed by atoms with Gasteiger partial charge >= 0.3 is 0 Å². The lowest BCUT2D eigenvalue weighted by Crippen LogP contribution is -2.00. The predicted molar refractivity (Wildman–Crippen MR) is 90.1 cm³/mol. The minimum atomic E-state index is 0.00588. The van der Waals surface area contributed by atoms with E-state index in [9.17, 15) is 4.79 Å². The molecule has 1 heterocycles. The van der Waals surface area contributed by atoms with Crippen molar-refractivity contribution in [1.82, 2.24) is 0 Å². The van der Waals surface area contributed by atoms with Crippen molar-refractivity contribution in [2.45, 2.75) is 11.8 Å². The molecular weight excluding hydrogens is 348 g/mol. The molecule has 2 nitrogen and oxygen atoms in total. The number of hydrogen-bond acceptors (Lipinski definition) is 3. The number of benzene rings is 2. The number of aryl methyl sites for hydroxylation is 1. The highest BCUT2D eigenvalue weighted by Crippen LogP contribution is 2.29. The van der Waals surface area contributed by atoms with Crippen molar-refractivity contribution in [2.75, 3.05) is 5.75 Å². The SMILES string of the molecule is Cc1cccc2cc(C(=O)CSc3ccccc3Br)oc12. The van der Waals surface area contributed by atoms with Crippen molar-refractivity contribution in [1.29, 1.82) is 0 Å². The molecule has 0 unspecified atom stereocenters. The number of rotatable bonds is 4. The predicted octanol–water partition coefficient (Wildman–Crippen LogP) is 5.48. The Balaban J connectivity index is 1.78. The molecule has 0 bridgehead atoms. The quantitative estimate of drug-likeness (QED) is 0.455. The molecule has 21 heavy (non-hydrogen) atoms. The van der Waals surface area contributed by atoms with Gasteiger partial charge in [-0.2, -0.15) is 0 Å². The summed E-state index contributed by atoms with van der Waals surface area (Å²) >= 11 is 4.99. The van der Waals surface area contributed by atoms with Gasteiger partial charge in [-0.15, -0.1) is 11.8 Å². The van der Waals surface area contributed by atoms with Crippen LogP contribution in [-0.2, 0) is 0 Å². The van der Waals surface area contributed by atoms with E-state index in [1.807, 2.05) is 55.5 Å². The zero-order chi connectivity index (χ0) is 14.8. The van der Waals surface area contributed by atoms with E-state index in [4.69, 9.17) is 4.42 Å². The zero-order valence-corrected chi connectivity index (χ0v) is 13.8. The highest BCUT2D eigenvalue weighted by atomic mass is 79.9. The Hall–Kier alpha value is -1.52. The molecule has 3 rings (SSSR count). The maximum absolute atomic E-state index is 12.3. The first-order chi connectivity index (χ1) is 10.1. The van der Waals surface area contributed by atoms with Gasteiger partial charge in [-0.1, -0.05) is 30.3 Å². The lowest BCUT2D eigenvalue weighted by molar-refractivity contribution is 0.0994. The van der Waals surface area contributed by atoms with Crippen LogP contribution < -0.4 is 0 Å². The largest absolute Gasteiger partial charge is 0.453 e. The first kappa shape index (κ1) is 14.4.